The molecule has 0 amide bonds. The van der Waals surface area contributed by atoms with Gasteiger partial charge >= 0.3 is 0 Å². The highest BCUT2D eigenvalue weighted by molar-refractivity contribution is 4.96. The Morgan fingerprint density at radius 1 is 1.50 bits per heavy atom. The Balaban J connectivity index is 2.35. The Labute approximate surface area is 81.7 Å². The second-order valence-electron chi connectivity index (χ2n) is 3.67. The minimum absolute atomic E-state index is 0.141. The molecule has 2 N–H and O–H groups in total. The van der Waals surface area contributed by atoms with E-state index in [0.29, 0.717) is 0 Å². The first-order valence-electron chi connectivity index (χ1n) is 4.71. The van der Waals surface area contributed by atoms with E-state index in [1.165, 1.54) is 0 Å². The molecule has 0 aromatic carbocycles. The number of alkyl halides is 2. The van der Waals surface area contributed by atoms with Gasteiger partial charge in [-0.05, 0) is 12.8 Å². The molecule has 0 aromatic rings. The van der Waals surface area contributed by atoms with Gasteiger partial charge in [-0.1, -0.05) is 6.42 Å². The van der Waals surface area contributed by atoms with E-state index in [-0.39, 0.29) is 12.0 Å². The van der Waals surface area contributed by atoms with Crippen LogP contribution in [0.4, 0.5) is 8.78 Å². The number of rotatable bonds is 4. The molecule has 2 unspecified atom stereocenters. The van der Waals surface area contributed by atoms with Crippen molar-refractivity contribution < 1.29 is 13.9 Å². The molecule has 0 aromatic heterocycles. The van der Waals surface area contributed by atoms with Gasteiger partial charge in [-0.2, -0.15) is 5.26 Å². The first-order chi connectivity index (χ1) is 6.59. The van der Waals surface area contributed by atoms with Gasteiger partial charge in [0.05, 0.1) is 18.5 Å². The van der Waals surface area contributed by atoms with Crippen LogP contribution in [0.2, 0.25) is 0 Å². The topological polar surface area (TPSA) is 56.0 Å². The molecule has 1 aliphatic rings. The summed E-state index contributed by atoms with van der Waals surface area (Å²) in [5.41, 5.74) is 0. The van der Waals surface area contributed by atoms with Crippen molar-refractivity contribution in [3.8, 4) is 6.07 Å². The minimum Gasteiger partial charge on any atom is -0.390 e. The minimum atomic E-state index is -3.08. The van der Waals surface area contributed by atoms with E-state index >= 15 is 0 Å². The Morgan fingerprint density at radius 2 is 2.21 bits per heavy atom. The number of nitrogens with one attached hydrogen (secondary N) is 1. The lowest BCUT2D eigenvalue weighted by molar-refractivity contribution is -0.0496. The van der Waals surface area contributed by atoms with E-state index in [1.807, 2.05) is 0 Å². The van der Waals surface area contributed by atoms with E-state index in [0.717, 1.165) is 19.3 Å². The van der Waals surface area contributed by atoms with Crippen molar-refractivity contribution in [3.05, 3.63) is 0 Å². The van der Waals surface area contributed by atoms with E-state index in [1.54, 1.807) is 0 Å². The highest BCUT2D eigenvalue weighted by Gasteiger charge is 2.32. The molecule has 0 heterocycles. The zero-order valence-electron chi connectivity index (χ0n) is 7.84. The largest absolute Gasteiger partial charge is 0.390 e. The summed E-state index contributed by atoms with van der Waals surface area (Å²) in [6, 6.07) is 1.96. The lowest BCUT2D eigenvalue weighted by atomic mass is 10.1. The molecule has 0 aliphatic heterocycles. The fourth-order valence-corrected chi connectivity index (χ4v) is 1.70. The van der Waals surface area contributed by atoms with Gasteiger partial charge in [-0.25, -0.2) is 8.78 Å². The average molecular weight is 204 g/mol. The monoisotopic (exact) mass is 204 g/mol. The van der Waals surface area contributed by atoms with Crippen LogP contribution in [-0.4, -0.2) is 30.2 Å². The van der Waals surface area contributed by atoms with Gasteiger partial charge in [0, 0.05) is 6.04 Å². The summed E-state index contributed by atoms with van der Waals surface area (Å²) >= 11 is 0. The van der Waals surface area contributed by atoms with Crippen LogP contribution in [0, 0.1) is 17.2 Å². The van der Waals surface area contributed by atoms with E-state index < -0.39 is 19.1 Å². The fraction of sp³-hybridized carbons (Fsp3) is 0.889. The molecule has 0 saturated heterocycles. The van der Waals surface area contributed by atoms with Gasteiger partial charge in [0.15, 0.2) is 0 Å². The van der Waals surface area contributed by atoms with Gasteiger partial charge < -0.3 is 10.4 Å². The zero-order valence-corrected chi connectivity index (χ0v) is 7.84. The number of halogens is 2. The smallest absolute Gasteiger partial charge is 0.282 e. The van der Waals surface area contributed by atoms with Crippen LogP contribution < -0.4 is 5.32 Å². The normalized spacial score (nSPS) is 27.6. The average Bonchev–Trinajstić information content (AvgIpc) is 2.62. The highest BCUT2D eigenvalue weighted by Crippen LogP contribution is 2.25. The lowest BCUT2D eigenvalue weighted by Crippen LogP contribution is -2.42. The summed E-state index contributed by atoms with van der Waals surface area (Å²) in [6.45, 7) is -1.70. The van der Waals surface area contributed by atoms with E-state index in [4.69, 9.17) is 10.4 Å². The van der Waals surface area contributed by atoms with Crippen LogP contribution >= 0.6 is 0 Å². The molecule has 0 radical (unpaired) electrons. The first-order valence-corrected chi connectivity index (χ1v) is 4.71. The third-order valence-corrected chi connectivity index (χ3v) is 2.54. The molecule has 14 heavy (non-hydrogen) atoms. The molecule has 0 spiro atoms. The predicted octanol–water partition coefficient (Wildman–Crippen LogP) is 0.896. The second-order valence-corrected chi connectivity index (χ2v) is 3.67. The van der Waals surface area contributed by atoms with Crippen LogP contribution in [0.1, 0.15) is 19.3 Å². The SMILES string of the molecule is N#CC1CCCC1NCC(F)(F)CO. The van der Waals surface area contributed by atoms with Crippen molar-refractivity contribution >= 4 is 0 Å². The van der Waals surface area contributed by atoms with E-state index in [2.05, 4.69) is 11.4 Å². The highest BCUT2D eigenvalue weighted by atomic mass is 19.3. The molecule has 5 heteroatoms. The van der Waals surface area contributed by atoms with Crippen molar-refractivity contribution in [2.24, 2.45) is 5.92 Å². The maximum Gasteiger partial charge on any atom is 0.282 e. The third-order valence-electron chi connectivity index (χ3n) is 2.54. The maximum atomic E-state index is 12.6. The molecule has 80 valence electrons. The lowest BCUT2D eigenvalue weighted by Gasteiger charge is -2.19. The summed E-state index contributed by atoms with van der Waals surface area (Å²) in [4.78, 5) is 0. The molecule has 1 aliphatic carbocycles. The van der Waals surface area contributed by atoms with Crippen molar-refractivity contribution in [1.82, 2.24) is 5.32 Å². The maximum absolute atomic E-state index is 12.6. The summed E-state index contributed by atoms with van der Waals surface area (Å²) in [7, 11) is 0. The molecule has 1 saturated carbocycles. The number of hydrogen-bond donors (Lipinski definition) is 2. The van der Waals surface area contributed by atoms with Crippen molar-refractivity contribution in [3.63, 3.8) is 0 Å². The molecular weight excluding hydrogens is 190 g/mol. The van der Waals surface area contributed by atoms with Crippen molar-refractivity contribution in [1.29, 1.82) is 5.26 Å². The summed E-state index contributed by atoms with van der Waals surface area (Å²) in [6.07, 6.45) is 2.44. The van der Waals surface area contributed by atoms with Gasteiger partial charge in [0.25, 0.3) is 5.92 Å². The van der Waals surface area contributed by atoms with Crippen molar-refractivity contribution in [2.45, 2.75) is 31.2 Å². The van der Waals surface area contributed by atoms with Crippen LogP contribution in [-0.2, 0) is 0 Å². The fourth-order valence-electron chi connectivity index (χ4n) is 1.70. The van der Waals surface area contributed by atoms with Gasteiger partial charge in [0.1, 0.15) is 6.61 Å². The quantitative estimate of drug-likeness (QED) is 0.715. The van der Waals surface area contributed by atoms with Gasteiger partial charge in [-0.3, -0.25) is 0 Å². The van der Waals surface area contributed by atoms with Crippen LogP contribution in [0.25, 0.3) is 0 Å². The van der Waals surface area contributed by atoms with Crippen LogP contribution in [0.5, 0.6) is 0 Å². The third kappa shape index (κ3) is 2.89. The Kier molecular flexibility index (Phi) is 3.78. The number of nitriles is 1. The molecule has 2 atom stereocenters. The number of hydrogen-bond acceptors (Lipinski definition) is 3. The molecule has 1 fully saturated rings. The predicted molar refractivity (Wildman–Crippen MR) is 46.8 cm³/mol. The van der Waals surface area contributed by atoms with Gasteiger partial charge in [-0.15, -0.1) is 0 Å². The number of nitrogens with zero attached hydrogens (tertiary/aromatic N) is 1. The first kappa shape index (κ1) is 11.3. The Hall–Kier alpha value is -0.730. The van der Waals surface area contributed by atoms with Crippen molar-refractivity contribution in [2.75, 3.05) is 13.2 Å². The Morgan fingerprint density at radius 3 is 2.79 bits per heavy atom. The van der Waals surface area contributed by atoms with Crippen LogP contribution in [0.3, 0.4) is 0 Å². The molecule has 0 bridgehead atoms. The molecule has 1 rings (SSSR count). The summed E-state index contributed by atoms with van der Waals surface area (Å²) in [5, 5.41) is 19.7. The molecular formula is C9H14F2N2O. The van der Waals surface area contributed by atoms with E-state index in [9.17, 15) is 8.78 Å². The van der Waals surface area contributed by atoms with Crippen LogP contribution in [0.15, 0.2) is 0 Å². The number of aliphatic hydroxyl groups is 1. The summed E-state index contributed by atoms with van der Waals surface area (Å²) < 4.78 is 25.3. The standard InChI is InChI=1S/C9H14F2N2O/c10-9(11,6-14)5-13-8-3-1-2-7(8)4-12/h7-8,13-14H,1-3,5-6H2. The summed E-state index contributed by atoms with van der Waals surface area (Å²) in [5.74, 6) is -3.24. The van der Waals surface area contributed by atoms with Gasteiger partial charge in [0.2, 0.25) is 0 Å². The number of aliphatic hydroxyl groups excluding tert-OH is 1. The Bertz CT molecular complexity index is 227. The second kappa shape index (κ2) is 4.67. The molecule has 3 nitrogen and oxygen atoms in total. The zero-order chi connectivity index (χ0) is 10.6.